The Kier molecular flexibility index (Phi) is 2.26. The fourth-order valence-corrected chi connectivity index (χ4v) is 2.35. The van der Waals surface area contributed by atoms with E-state index in [-0.39, 0.29) is 5.91 Å². The normalized spacial score (nSPS) is 34.5. The molecule has 2 aliphatic rings. The Labute approximate surface area is 78.0 Å². The number of rotatable bonds is 2. The highest BCUT2D eigenvalue weighted by molar-refractivity contribution is 5.75. The minimum absolute atomic E-state index is 0.226. The van der Waals surface area contributed by atoms with Crippen molar-refractivity contribution in [3.05, 3.63) is 0 Å². The van der Waals surface area contributed by atoms with Gasteiger partial charge in [-0.25, -0.2) is 0 Å². The first kappa shape index (κ1) is 8.97. The number of likely N-dealkylation sites (tertiary alicyclic amines) is 1. The SMILES string of the molecule is NC(=O)CN1CCC2(CCOC2)C1. The van der Waals surface area contributed by atoms with Gasteiger partial charge in [0.25, 0.3) is 0 Å². The van der Waals surface area contributed by atoms with Crippen LogP contribution in [0.15, 0.2) is 0 Å². The molecule has 0 bridgehead atoms. The second kappa shape index (κ2) is 3.27. The number of nitrogens with zero attached hydrogens (tertiary/aromatic N) is 1. The second-order valence-corrected chi connectivity index (χ2v) is 4.23. The molecule has 0 aromatic carbocycles. The van der Waals surface area contributed by atoms with Crippen LogP contribution < -0.4 is 5.73 Å². The topological polar surface area (TPSA) is 55.6 Å². The molecule has 1 spiro atoms. The van der Waals surface area contributed by atoms with Gasteiger partial charge in [0.05, 0.1) is 13.2 Å². The number of nitrogens with two attached hydrogens (primary N) is 1. The second-order valence-electron chi connectivity index (χ2n) is 4.23. The van der Waals surface area contributed by atoms with Gasteiger partial charge in [0.1, 0.15) is 0 Å². The maximum atomic E-state index is 10.7. The van der Waals surface area contributed by atoms with Gasteiger partial charge in [0, 0.05) is 18.6 Å². The van der Waals surface area contributed by atoms with Gasteiger partial charge in [-0.3, -0.25) is 9.69 Å². The van der Waals surface area contributed by atoms with E-state index in [1.165, 1.54) is 0 Å². The molecule has 1 amide bonds. The molecule has 1 atom stereocenters. The summed E-state index contributed by atoms with van der Waals surface area (Å²) >= 11 is 0. The first-order chi connectivity index (χ1) is 6.20. The van der Waals surface area contributed by atoms with Crippen LogP contribution in [0.5, 0.6) is 0 Å². The van der Waals surface area contributed by atoms with Crippen LogP contribution in [0.3, 0.4) is 0 Å². The van der Waals surface area contributed by atoms with Gasteiger partial charge in [0.2, 0.25) is 5.91 Å². The molecule has 2 saturated heterocycles. The number of carbonyl (C=O) groups excluding carboxylic acids is 1. The van der Waals surface area contributed by atoms with E-state index in [0.29, 0.717) is 12.0 Å². The number of primary amides is 1. The number of ether oxygens (including phenoxy) is 1. The molecule has 4 nitrogen and oxygen atoms in total. The monoisotopic (exact) mass is 184 g/mol. The molecule has 0 aromatic heterocycles. The summed E-state index contributed by atoms with van der Waals surface area (Å²) in [7, 11) is 0. The van der Waals surface area contributed by atoms with Crippen LogP contribution in [0.4, 0.5) is 0 Å². The third-order valence-corrected chi connectivity index (χ3v) is 3.08. The van der Waals surface area contributed by atoms with Crippen LogP contribution in [0.1, 0.15) is 12.8 Å². The van der Waals surface area contributed by atoms with Crippen LogP contribution >= 0.6 is 0 Å². The zero-order valence-corrected chi connectivity index (χ0v) is 7.79. The number of hydrogen-bond acceptors (Lipinski definition) is 3. The van der Waals surface area contributed by atoms with E-state index in [4.69, 9.17) is 10.5 Å². The average molecular weight is 184 g/mol. The lowest BCUT2D eigenvalue weighted by molar-refractivity contribution is -0.119. The highest BCUT2D eigenvalue weighted by Gasteiger charge is 2.41. The van der Waals surface area contributed by atoms with Crippen molar-refractivity contribution in [2.45, 2.75) is 12.8 Å². The predicted octanol–water partition coefficient (Wildman–Crippen LogP) is -0.416. The molecular formula is C9H16N2O2. The number of hydrogen-bond donors (Lipinski definition) is 1. The van der Waals surface area contributed by atoms with Gasteiger partial charge in [-0.1, -0.05) is 0 Å². The van der Waals surface area contributed by atoms with Crippen molar-refractivity contribution in [2.24, 2.45) is 11.1 Å². The summed E-state index contributed by atoms with van der Waals surface area (Å²) in [6, 6.07) is 0. The van der Waals surface area contributed by atoms with Gasteiger partial charge in [-0.05, 0) is 19.4 Å². The van der Waals surface area contributed by atoms with Gasteiger partial charge < -0.3 is 10.5 Å². The summed E-state index contributed by atoms with van der Waals surface area (Å²) in [6.07, 6.45) is 2.29. The third-order valence-electron chi connectivity index (χ3n) is 3.08. The molecular weight excluding hydrogens is 168 g/mol. The Morgan fingerprint density at radius 2 is 2.38 bits per heavy atom. The van der Waals surface area contributed by atoms with E-state index in [0.717, 1.165) is 39.1 Å². The van der Waals surface area contributed by atoms with Crippen molar-refractivity contribution >= 4 is 5.91 Å². The van der Waals surface area contributed by atoms with Crippen molar-refractivity contribution in [1.29, 1.82) is 0 Å². The fourth-order valence-electron chi connectivity index (χ4n) is 2.35. The highest BCUT2D eigenvalue weighted by atomic mass is 16.5. The van der Waals surface area contributed by atoms with Gasteiger partial charge in [-0.2, -0.15) is 0 Å². The van der Waals surface area contributed by atoms with E-state index in [1.54, 1.807) is 0 Å². The van der Waals surface area contributed by atoms with Gasteiger partial charge in [0.15, 0.2) is 0 Å². The molecule has 2 fully saturated rings. The maximum absolute atomic E-state index is 10.7. The molecule has 0 radical (unpaired) electrons. The van der Waals surface area contributed by atoms with Gasteiger partial charge >= 0.3 is 0 Å². The molecule has 4 heteroatoms. The van der Waals surface area contributed by atoms with Crippen molar-refractivity contribution in [3.63, 3.8) is 0 Å². The van der Waals surface area contributed by atoms with E-state index in [9.17, 15) is 4.79 Å². The molecule has 2 heterocycles. The number of carbonyl (C=O) groups is 1. The average Bonchev–Trinajstić information content (AvgIpc) is 2.63. The lowest BCUT2D eigenvalue weighted by Gasteiger charge is -2.20. The first-order valence-electron chi connectivity index (χ1n) is 4.79. The molecule has 2 N–H and O–H groups in total. The Bertz CT molecular complexity index is 212. The minimum Gasteiger partial charge on any atom is -0.381 e. The van der Waals surface area contributed by atoms with Crippen molar-refractivity contribution in [1.82, 2.24) is 4.90 Å². The Hall–Kier alpha value is -0.610. The Morgan fingerprint density at radius 1 is 1.54 bits per heavy atom. The summed E-state index contributed by atoms with van der Waals surface area (Å²) in [4.78, 5) is 12.8. The van der Waals surface area contributed by atoms with E-state index in [1.807, 2.05) is 0 Å². The largest absolute Gasteiger partial charge is 0.381 e. The predicted molar refractivity (Wildman–Crippen MR) is 48.1 cm³/mol. The summed E-state index contributed by atoms with van der Waals surface area (Å²) < 4.78 is 5.39. The quantitative estimate of drug-likeness (QED) is 0.634. The molecule has 0 aliphatic carbocycles. The highest BCUT2D eigenvalue weighted by Crippen LogP contribution is 2.37. The van der Waals surface area contributed by atoms with Crippen molar-refractivity contribution in [3.8, 4) is 0 Å². The van der Waals surface area contributed by atoms with Crippen molar-refractivity contribution in [2.75, 3.05) is 32.8 Å². The smallest absolute Gasteiger partial charge is 0.231 e. The zero-order valence-electron chi connectivity index (χ0n) is 7.79. The number of amides is 1. The zero-order chi connectivity index (χ0) is 9.31. The molecule has 2 rings (SSSR count). The molecule has 0 saturated carbocycles. The molecule has 13 heavy (non-hydrogen) atoms. The van der Waals surface area contributed by atoms with E-state index >= 15 is 0 Å². The summed E-state index contributed by atoms with van der Waals surface area (Å²) in [5.41, 5.74) is 5.49. The van der Waals surface area contributed by atoms with E-state index in [2.05, 4.69) is 4.90 Å². The minimum atomic E-state index is -0.226. The lowest BCUT2D eigenvalue weighted by atomic mass is 9.87. The molecule has 0 aromatic rings. The Balaban J connectivity index is 1.89. The molecule has 2 aliphatic heterocycles. The van der Waals surface area contributed by atoms with Crippen LogP contribution in [-0.2, 0) is 9.53 Å². The Morgan fingerprint density at radius 3 is 3.00 bits per heavy atom. The van der Waals surface area contributed by atoms with Gasteiger partial charge in [-0.15, -0.1) is 0 Å². The summed E-state index contributed by atoms with van der Waals surface area (Å²) in [5.74, 6) is -0.226. The fraction of sp³-hybridized carbons (Fsp3) is 0.889. The third kappa shape index (κ3) is 1.84. The van der Waals surface area contributed by atoms with Crippen LogP contribution in [-0.4, -0.2) is 43.7 Å². The van der Waals surface area contributed by atoms with Crippen LogP contribution in [0, 0.1) is 5.41 Å². The van der Waals surface area contributed by atoms with Crippen LogP contribution in [0.2, 0.25) is 0 Å². The molecule has 74 valence electrons. The molecule has 1 unspecified atom stereocenters. The van der Waals surface area contributed by atoms with Crippen LogP contribution in [0.25, 0.3) is 0 Å². The summed E-state index contributed by atoms with van der Waals surface area (Å²) in [6.45, 7) is 4.12. The van der Waals surface area contributed by atoms with E-state index < -0.39 is 0 Å². The standard InChI is InChI=1S/C9H16N2O2/c10-8(12)5-11-3-1-9(6-11)2-4-13-7-9/h1-7H2,(H2,10,12). The summed E-state index contributed by atoms with van der Waals surface area (Å²) in [5, 5.41) is 0. The lowest BCUT2D eigenvalue weighted by Crippen LogP contribution is -2.34. The van der Waals surface area contributed by atoms with Crippen molar-refractivity contribution < 1.29 is 9.53 Å². The maximum Gasteiger partial charge on any atom is 0.231 e. The first-order valence-corrected chi connectivity index (χ1v) is 4.79.